The molecule has 1 aliphatic carbocycles. The molecule has 1 aromatic carbocycles. The highest BCUT2D eigenvalue weighted by Gasteiger charge is 2.43. The Morgan fingerprint density at radius 2 is 2.10 bits per heavy atom. The third kappa shape index (κ3) is 3.21. The molecular weight excluding hydrogens is 274 g/mol. The molecule has 0 aromatic heterocycles. The Kier molecular flexibility index (Phi) is 4.57. The molecule has 0 bridgehead atoms. The van der Waals surface area contributed by atoms with E-state index in [1.165, 1.54) is 6.07 Å². The molecule has 0 radical (unpaired) electrons. The second kappa shape index (κ2) is 6.22. The summed E-state index contributed by atoms with van der Waals surface area (Å²) in [5.41, 5.74) is 1.42. The molecule has 6 heteroatoms. The van der Waals surface area contributed by atoms with Gasteiger partial charge >= 0.3 is 5.69 Å². The molecule has 0 heterocycles. The number of ether oxygens (including phenoxy) is 2. The second-order valence-corrected chi connectivity index (χ2v) is 5.31. The summed E-state index contributed by atoms with van der Waals surface area (Å²) in [4.78, 5) is 22.3. The maximum atomic E-state index is 11.6. The van der Waals surface area contributed by atoms with Crippen LogP contribution in [0, 0.1) is 24.0 Å². The van der Waals surface area contributed by atoms with E-state index in [1.54, 1.807) is 13.8 Å². The van der Waals surface area contributed by atoms with Crippen LogP contribution in [-0.2, 0) is 9.53 Å². The zero-order valence-electron chi connectivity index (χ0n) is 12.4. The number of nitrogens with zero attached hydrogens (tertiary/aromatic N) is 1. The van der Waals surface area contributed by atoms with Gasteiger partial charge in [-0.05, 0) is 31.4 Å². The third-order valence-corrected chi connectivity index (χ3v) is 3.42. The number of nitro benzene ring substituents is 1. The molecule has 1 aliphatic rings. The van der Waals surface area contributed by atoms with Gasteiger partial charge in [0.15, 0.2) is 17.6 Å². The zero-order valence-corrected chi connectivity index (χ0v) is 12.4. The highest BCUT2D eigenvalue weighted by atomic mass is 16.6. The molecule has 0 N–H and O–H groups in total. The number of nitro groups is 1. The standard InChI is InChI=1S/C15H19NO5/c1-4-5-20-15-12(17)8-13(15)21-14-10(3)6-9(2)7-11(14)16(18)19/h6-7,13,15H,4-5,8H2,1-3H3. The van der Waals surface area contributed by atoms with Crippen molar-refractivity contribution in [1.29, 1.82) is 0 Å². The molecule has 6 nitrogen and oxygen atoms in total. The van der Waals surface area contributed by atoms with Crippen molar-refractivity contribution in [3.63, 3.8) is 0 Å². The van der Waals surface area contributed by atoms with Crippen LogP contribution in [0.2, 0.25) is 0 Å². The lowest BCUT2D eigenvalue weighted by Crippen LogP contribution is -2.52. The maximum absolute atomic E-state index is 11.6. The van der Waals surface area contributed by atoms with Crippen molar-refractivity contribution >= 4 is 11.5 Å². The fourth-order valence-corrected chi connectivity index (χ4v) is 2.39. The van der Waals surface area contributed by atoms with E-state index in [0.717, 1.165) is 12.0 Å². The van der Waals surface area contributed by atoms with Crippen LogP contribution in [0.5, 0.6) is 5.75 Å². The van der Waals surface area contributed by atoms with Crippen LogP contribution in [0.15, 0.2) is 12.1 Å². The Labute approximate surface area is 123 Å². The average molecular weight is 293 g/mol. The summed E-state index contributed by atoms with van der Waals surface area (Å²) in [7, 11) is 0. The maximum Gasteiger partial charge on any atom is 0.311 e. The van der Waals surface area contributed by atoms with Gasteiger partial charge in [0.2, 0.25) is 0 Å². The van der Waals surface area contributed by atoms with Gasteiger partial charge in [-0.15, -0.1) is 0 Å². The summed E-state index contributed by atoms with van der Waals surface area (Å²) < 4.78 is 11.2. The number of carbonyl (C=O) groups is 1. The van der Waals surface area contributed by atoms with Crippen LogP contribution >= 0.6 is 0 Å². The minimum Gasteiger partial charge on any atom is -0.480 e. The van der Waals surface area contributed by atoms with Crippen molar-refractivity contribution in [2.24, 2.45) is 0 Å². The number of Topliss-reactive ketones (excluding diaryl/α,β-unsaturated/α-hetero) is 1. The van der Waals surface area contributed by atoms with Gasteiger partial charge in [-0.3, -0.25) is 14.9 Å². The summed E-state index contributed by atoms with van der Waals surface area (Å²) in [6.07, 6.45) is -0.00611. The zero-order chi connectivity index (χ0) is 15.6. The van der Waals surface area contributed by atoms with Crippen molar-refractivity contribution in [1.82, 2.24) is 0 Å². The van der Waals surface area contributed by atoms with Gasteiger partial charge in [0.05, 0.1) is 4.92 Å². The number of carbonyl (C=O) groups excluding carboxylic acids is 1. The van der Waals surface area contributed by atoms with E-state index in [9.17, 15) is 14.9 Å². The van der Waals surface area contributed by atoms with Gasteiger partial charge in [0, 0.05) is 19.1 Å². The molecule has 0 aliphatic heterocycles. The van der Waals surface area contributed by atoms with E-state index in [0.29, 0.717) is 12.2 Å². The van der Waals surface area contributed by atoms with Crippen LogP contribution in [0.3, 0.4) is 0 Å². The van der Waals surface area contributed by atoms with Crippen LogP contribution in [-0.4, -0.2) is 29.5 Å². The average Bonchev–Trinajstić information content (AvgIpc) is 2.40. The van der Waals surface area contributed by atoms with Crippen molar-refractivity contribution in [2.75, 3.05) is 6.61 Å². The van der Waals surface area contributed by atoms with E-state index in [-0.39, 0.29) is 23.6 Å². The predicted molar refractivity (Wildman–Crippen MR) is 76.6 cm³/mol. The van der Waals surface area contributed by atoms with Crippen molar-refractivity contribution in [2.45, 2.75) is 45.8 Å². The normalized spacial score (nSPS) is 21.0. The first-order valence-electron chi connectivity index (χ1n) is 7.00. The van der Waals surface area contributed by atoms with Gasteiger partial charge in [0.25, 0.3) is 0 Å². The summed E-state index contributed by atoms with van der Waals surface area (Å²) >= 11 is 0. The molecule has 0 spiro atoms. The van der Waals surface area contributed by atoms with Crippen LogP contribution in [0.1, 0.15) is 30.9 Å². The molecule has 1 saturated carbocycles. The summed E-state index contributed by atoms with van der Waals surface area (Å²) in [6, 6.07) is 3.30. The van der Waals surface area contributed by atoms with Gasteiger partial charge in [-0.1, -0.05) is 13.0 Å². The second-order valence-electron chi connectivity index (χ2n) is 5.31. The van der Waals surface area contributed by atoms with Crippen LogP contribution < -0.4 is 4.74 Å². The highest BCUT2D eigenvalue weighted by Crippen LogP contribution is 2.36. The first kappa shape index (κ1) is 15.4. The summed E-state index contributed by atoms with van der Waals surface area (Å²) in [5, 5.41) is 11.2. The summed E-state index contributed by atoms with van der Waals surface area (Å²) in [5.74, 6) is 0.217. The van der Waals surface area contributed by atoms with Gasteiger partial charge < -0.3 is 9.47 Å². The van der Waals surface area contributed by atoms with Crippen LogP contribution in [0.25, 0.3) is 0 Å². The van der Waals surface area contributed by atoms with E-state index in [4.69, 9.17) is 9.47 Å². The molecule has 2 rings (SSSR count). The van der Waals surface area contributed by atoms with Gasteiger partial charge in [0.1, 0.15) is 6.10 Å². The Bertz CT molecular complexity index is 569. The number of hydrogen-bond acceptors (Lipinski definition) is 5. The predicted octanol–water partition coefficient (Wildman–Crippen LogP) is 2.73. The molecule has 21 heavy (non-hydrogen) atoms. The number of ketones is 1. The van der Waals surface area contributed by atoms with Gasteiger partial charge in [-0.25, -0.2) is 0 Å². The van der Waals surface area contributed by atoms with E-state index >= 15 is 0 Å². The van der Waals surface area contributed by atoms with E-state index < -0.39 is 17.1 Å². The Balaban J connectivity index is 2.20. The summed E-state index contributed by atoms with van der Waals surface area (Å²) in [6.45, 7) is 5.99. The quantitative estimate of drug-likeness (QED) is 0.595. The minimum absolute atomic E-state index is 0.0131. The Morgan fingerprint density at radius 1 is 1.38 bits per heavy atom. The smallest absolute Gasteiger partial charge is 0.311 e. The number of benzene rings is 1. The molecular formula is C15H19NO5. The molecule has 114 valence electrons. The van der Waals surface area contributed by atoms with E-state index in [1.807, 2.05) is 13.0 Å². The molecule has 0 saturated heterocycles. The van der Waals surface area contributed by atoms with Crippen molar-refractivity contribution in [3.8, 4) is 5.75 Å². The number of hydrogen-bond donors (Lipinski definition) is 0. The Morgan fingerprint density at radius 3 is 2.67 bits per heavy atom. The van der Waals surface area contributed by atoms with Crippen LogP contribution in [0.4, 0.5) is 5.69 Å². The fourth-order valence-electron chi connectivity index (χ4n) is 2.39. The van der Waals surface area contributed by atoms with Crippen molar-refractivity contribution in [3.05, 3.63) is 33.4 Å². The third-order valence-electron chi connectivity index (χ3n) is 3.42. The first-order valence-corrected chi connectivity index (χ1v) is 7.00. The number of aryl methyl sites for hydroxylation is 2. The Hall–Kier alpha value is -1.95. The molecule has 1 aromatic rings. The number of rotatable bonds is 6. The topological polar surface area (TPSA) is 78.7 Å². The monoisotopic (exact) mass is 293 g/mol. The van der Waals surface area contributed by atoms with Gasteiger partial charge in [-0.2, -0.15) is 0 Å². The van der Waals surface area contributed by atoms with E-state index in [2.05, 4.69) is 0 Å². The fraction of sp³-hybridized carbons (Fsp3) is 0.533. The largest absolute Gasteiger partial charge is 0.480 e. The molecule has 1 fully saturated rings. The molecule has 2 atom stereocenters. The molecule has 0 amide bonds. The lowest BCUT2D eigenvalue weighted by Gasteiger charge is -2.34. The first-order chi connectivity index (χ1) is 9.93. The van der Waals surface area contributed by atoms with Crippen molar-refractivity contribution < 1.29 is 19.2 Å². The molecule has 2 unspecified atom stereocenters. The highest BCUT2D eigenvalue weighted by molar-refractivity contribution is 5.90. The SMILES string of the molecule is CCCOC1C(=O)CC1Oc1c(C)cc(C)cc1[N+](=O)[O-]. The lowest BCUT2D eigenvalue weighted by atomic mass is 9.89. The minimum atomic E-state index is -0.606. The lowest BCUT2D eigenvalue weighted by molar-refractivity contribution is -0.386.